The molecule has 4 rings (SSSR count). The number of benzene rings is 1. The first kappa shape index (κ1) is 19.9. The van der Waals surface area contributed by atoms with Gasteiger partial charge in [-0.3, -0.25) is 4.79 Å². The second kappa shape index (κ2) is 7.31. The Morgan fingerprint density at radius 2 is 1.96 bits per heavy atom. The fraction of sp³-hybridized carbons (Fsp3) is 0.412. The number of halogens is 2. The zero-order chi connectivity index (χ0) is 18.6. The van der Waals surface area contributed by atoms with Crippen molar-refractivity contribution in [3.8, 4) is 0 Å². The number of aliphatic hydroxyl groups excluding tert-OH is 1. The maximum Gasteiger partial charge on any atom is 0.342 e. The van der Waals surface area contributed by atoms with E-state index in [0.717, 1.165) is 30.9 Å². The van der Waals surface area contributed by atoms with Crippen LogP contribution in [-0.2, 0) is 0 Å². The van der Waals surface area contributed by atoms with Gasteiger partial charge in [0.05, 0.1) is 22.8 Å². The second-order valence-corrected chi connectivity index (χ2v) is 7.72. The molecule has 2 aliphatic heterocycles. The van der Waals surface area contributed by atoms with E-state index in [9.17, 15) is 24.2 Å². The molecule has 1 saturated heterocycles. The molecule has 2 N–H and O–H groups in total. The van der Waals surface area contributed by atoms with Crippen LogP contribution < -0.4 is 10.3 Å². The van der Waals surface area contributed by atoms with Crippen LogP contribution in [0.1, 0.15) is 15.7 Å². The van der Waals surface area contributed by atoms with E-state index in [-0.39, 0.29) is 35.3 Å². The summed E-state index contributed by atoms with van der Waals surface area (Å²) in [5.74, 6) is -1.88. The Balaban J connectivity index is 0.00000210. The van der Waals surface area contributed by atoms with Crippen LogP contribution in [0.5, 0.6) is 0 Å². The van der Waals surface area contributed by atoms with Crippen molar-refractivity contribution >= 4 is 46.7 Å². The number of anilines is 1. The minimum atomic E-state index is -1.34. The van der Waals surface area contributed by atoms with E-state index in [4.69, 9.17) is 0 Å². The summed E-state index contributed by atoms with van der Waals surface area (Å²) in [5.41, 5.74) is -0.190. The van der Waals surface area contributed by atoms with E-state index in [1.807, 2.05) is 11.9 Å². The highest BCUT2D eigenvalue weighted by atomic mass is 35.5. The molecule has 1 aromatic carbocycles. The number of rotatable bonds is 3. The van der Waals surface area contributed by atoms with Crippen LogP contribution >= 0.6 is 24.2 Å². The lowest BCUT2D eigenvalue weighted by Gasteiger charge is -2.36. The fourth-order valence-corrected chi connectivity index (χ4v) is 4.66. The SMILES string of the molecule is CN1CCN(c2cc3c(cc2F)c(=O)c(C(=O)O)c2n3C(CO)S2)CC1.Cl. The largest absolute Gasteiger partial charge is 0.477 e. The van der Waals surface area contributed by atoms with Crippen LogP contribution in [0.2, 0.25) is 0 Å². The van der Waals surface area contributed by atoms with E-state index >= 15 is 0 Å². The van der Waals surface area contributed by atoms with Gasteiger partial charge in [-0.15, -0.1) is 12.4 Å². The Bertz CT molecular complexity index is 975. The topological polar surface area (TPSA) is 86.0 Å². The van der Waals surface area contributed by atoms with Crippen molar-refractivity contribution in [3.05, 3.63) is 33.7 Å². The molecule has 2 aromatic rings. The molecule has 0 amide bonds. The minimum Gasteiger partial charge on any atom is -0.477 e. The summed E-state index contributed by atoms with van der Waals surface area (Å²) in [4.78, 5) is 28.2. The van der Waals surface area contributed by atoms with Gasteiger partial charge in [-0.25, -0.2) is 9.18 Å². The Hall–Kier alpha value is -1.81. The van der Waals surface area contributed by atoms with Gasteiger partial charge in [-0.05, 0) is 19.2 Å². The van der Waals surface area contributed by atoms with E-state index < -0.39 is 17.2 Å². The number of pyridine rings is 1. The smallest absolute Gasteiger partial charge is 0.342 e. The summed E-state index contributed by atoms with van der Waals surface area (Å²) in [6.45, 7) is 2.75. The van der Waals surface area contributed by atoms with Crippen molar-refractivity contribution in [1.82, 2.24) is 9.47 Å². The molecule has 1 unspecified atom stereocenters. The number of aliphatic hydroxyl groups is 1. The lowest BCUT2D eigenvalue weighted by molar-refractivity contribution is 0.0688. The van der Waals surface area contributed by atoms with Gasteiger partial charge in [0.15, 0.2) is 0 Å². The Labute approximate surface area is 164 Å². The molecule has 0 spiro atoms. The van der Waals surface area contributed by atoms with Crippen LogP contribution in [0.3, 0.4) is 0 Å². The molecule has 0 aliphatic carbocycles. The molecule has 1 atom stereocenters. The third kappa shape index (κ3) is 3.08. The highest BCUT2D eigenvalue weighted by molar-refractivity contribution is 8.00. The maximum atomic E-state index is 14.7. The molecule has 2 aliphatic rings. The van der Waals surface area contributed by atoms with E-state index in [2.05, 4.69) is 4.90 Å². The maximum absolute atomic E-state index is 14.7. The summed E-state index contributed by atoms with van der Waals surface area (Å²) in [5, 5.41) is 18.9. The second-order valence-electron chi connectivity index (χ2n) is 6.55. The summed E-state index contributed by atoms with van der Waals surface area (Å²) >= 11 is 1.15. The highest BCUT2D eigenvalue weighted by Crippen LogP contribution is 2.46. The van der Waals surface area contributed by atoms with Crippen molar-refractivity contribution in [2.75, 3.05) is 44.7 Å². The normalized spacial score (nSPS) is 19.4. The molecule has 0 saturated carbocycles. The molecule has 27 heavy (non-hydrogen) atoms. The van der Waals surface area contributed by atoms with Gasteiger partial charge in [-0.2, -0.15) is 0 Å². The average Bonchev–Trinajstić information content (AvgIpc) is 2.58. The number of likely N-dealkylation sites (N-methyl/N-ethyl adjacent to an activating group) is 1. The van der Waals surface area contributed by atoms with Crippen molar-refractivity contribution < 1.29 is 19.4 Å². The van der Waals surface area contributed by atoms with Gasteiger partial charge in [-0.1, -0.05) is 11.8 Å². The monoisotopic (exact) mass is 415 g/mol. The number of aromatic nitrogens is 1. The summed E-state index contributed by atoms with van der Waals surface area (Å²) in [6.07, 6.45) is 0. The van der Waals surface area contributed by atoms with Gasteiger partial charge < -0.3 is 24.6 Å². The molecule has 0 radical (unpaired) electrons. The Morgan fingerprint density at radius 1 is 1.30 bits per heavy atom. The van der Waals surface area contributed by atoms with Crippen LogP contribution in [-0.4, -0.2) is 65.5 Å². The lowest BCUT2D eigenvalue weighted by Crippen LogP contribution is -2.44. The number of carbonyl (C=O) groups is 1. The van der Waals surface area contributed by atoms with E-state index in [1.54, 1.807) is 10.6 Å². The van der Waals surface area contributed by atoms with Crippen molar-refractivity contribution in [3.63, 3.8) is 0 Å². The van der Waals surface area contributed by atoms with Crippen molar-refractivity contribution in [2.24, 2.45) is 0 Å². The average molecular weight is 416 g/mol. The predicted molar refractivity (Wildman–Crippen MR) is 104 cm³/mol. The molecule has 1 aromatic heterocycles. The van der Waals surface area contributed by atoms with Gasteiger partial charge in [0.1, 0.15) is 16.8 Å². The standard InChI is InChI=1S/C17H18FN3O4S.ClH/c1-19-2-4-20(5-3-19)12-7-11-9(6-10(12)18)15(23)14(17(24)25)16-21(11)13(8-22)26-16;/h6-7,13,22H,2-5,8H2,1H3,(H,24,25);1H. The zero-order valence-electron chi connectivity index (χ0n) is 14.5. The van der Waals surface area contributed by atoms with Crippen LogP contribution in [0, 0.1) is 5.82 Å². The Morgan fingerprint density at radius 3 is 2.56 bits per heavy atom. The highest BCUT2D eigenvalue weighted by Gasteiger charge is 2.35. The number of aromatic carboxylic acids is 1. The van der Waals surface area contributed by atoms with Crippen molar-refractivity contribution in [2.45, 2.75) is 10.4 Å². The third-order valence-corrected chi connectivity index (χ3v) is 6.23. The Kier molecular flexibility index (Phi) is 5.40. The molecular formula is C17H19ClFN3O4S. The van der Waals surface area contributed by atoms with E-state index in [0.29, 0.717) is 29.3 Å². The minimum absolute atomic E-state index is 0. The quantitative estimate of drug-likeness (QED) is 0.787. The zero-order valence-corrected chi connectivity index (χ0v) is 16.1. The molecular weight excluding hydrogens is 397 g/mol. The first-order valence-electron chi connectivity index (χ1n) is 8.28. The number of thioether (sulfide) groups is 1. The van der Waals surface area contributed by atoms with Gasteiger partial charge in [0, 0.05) is 31.6 Å². The van der Waals surface area contributed by atoms with Gasteiger partial charge >= 0.3 is 5.97 Å². The first-order chi connectivity index (χ1) is 12.4. The molecule has 7 nitrogen and oxygen atoms in total. The van der Waals surface area contributed by atoms with Gasteiger partial charge in [0.25, 0.3) is 0 Å². The summed E-state index contributed by atoms with van der Waals surface area (Å²) in [6, 6.07) is 2.73. The molecule has 1 fully saturated rings. The predicted octanol–water partition coefficient (Wildman–Crippen LogP) is 1.61. The van der Waals surface area contributed by atoms with Crippen LogP contribution in [0.15, 0.2) is 22.0 Å². The number of carboxylic acid groups (broad SMARTS) is 1. The third-order valence-electron chi connectivity index (χ3n) is 4.98. The number of piperazine rings is 1. The van der Waals surface area contributed by atoms with Gasteiger partial charge in [0.2, 0.25) is 5.43 Å². The molecule has 10 heteroatoms. The number of nitrogens with zero attached hydrogens (tertiary/aromatic N) is 3. The van der Waals surface area contributed by atoms with Crippen LogP contribution in [0.25, 0.3) is 10.9 Å². The number of hydrogen-bond acceptors (Lipinski definition) is 6. The summed E-state index contributed by atoms with van der Waals surface area (Å²) < 4.78 is 16.4. The van der Waals surface area contributed by atoms with Crippen molar-refractivity contribution in [1.29, 1.82) is 0 Å². The first-order valence-corrected chi connectivity index (χ1v) is 9.16. The molecule has 146 valence electrons. The lowest BCUT2D eigenvalue weighted by atomic mass is 10.1. The summed E-state index contributed by atoms with van der Waals surface area (Å²) in [7, 11) is 2.01. The number of hydrogen-bond donors (Lipinski definition) is 2. The number of fused-ring (bicyclic) bond motifs is 3. The number of carboxylic acids is 1. The molecule has 0 bridgehead atoms. The molecule has 3 heterocycles. The van der Waals surface area contributed by atoms with Crippen LogP contribution in [0.4, 0.5) is 10.1 Å². The van der Waals surface area contributed by atoms with E-state index in [1.165, 1.54) is 0 Å². The fourth-order valence-electron chi connectivity index (χ4n) is 3.52.